The third kappa shape index (κ3) is 3.95. The quantitative estimate of drug-likeness (QED) is 0.870. The molecule has 2 aliphatic carbocycles. The Bertz CT molecular complexity index is 691. The summed E-state index contributed by atoms with van der Waals surface area (Å²) in [5.41, 5.74) is 0.370. The molecule has 1 aromatic rings. The first-order chi connectivity index (χ1) is 12.6. The van der Waals surface area contributed by atoms with Gasteiger partial charge in [-0.3, -0.25) is 4.79 Å². The molecule has 0 aliphatic heterocycles. The van der Waals surface area contributed by atoms with Crippen LogP contribution in [0.3, 0.4) is 0 Å². The van der Waals surface area contributed by atoms with E-state index in [1.165, 1.54) is 19.8 Å². The van der Waals surface area contributed by atoms with Gasteiger partial charge in [-0.15, -0.1) is 0 Å². The minimum Gasteiger partial charge on any atom is -0.493 e. The number of amides is 1. The van der Waals surface area contributed by atoms with Gasteiger partial charge in [0.25, 0.3) is 0 Å². The Labute approximate surface area is 155 Å². The van der Waals surface area contributed by atoms with Gasteiger partial charge in [0.15, 0.2) is 11.5 Å². The van der Waals surface area contributed by atoms with Crippen LogP contribution in [0.25, 0.3) is 0 Å². The fourth-order valence-electron chi connectivity index (χ4n) is 4.37. The number of hydrogen-bond donors (Lipinski definition) is 1. The molecule has 26 heavy (non-hydrogen) atoms. The van der Waals surface area contributed by atoms with Crippen LogP contribution >= 0.6 is 0 Å². The molecule has 1 N–H and O–H groups in total. The molecule has 0 unspecified atom stereocenters. The maximum Gasteiger partial charge on any atom is 0.217 e. The Hall–Kier alpha value is -2.22. The molecular formula is C21H28N2O3. The second-order valence-corrected chi connectivity index (χ2v) is 7.58. The van der Waals surface area contributed by atoms with Crippen LogP contribution in [0.15, 0.2) is 18.2 Å². The summed E-state index contributed by atoms with van der Waals surface area (Å²) >= 11 is 0. The number of benzene rings is 1. The summed E-state index contributed by atoms with van der Waals surface area (Å²) in [4.78, 5) is 11.4. The molecule has 0 saturated heterocycles. The standard InChI is InChI=1S/C21H28N2O3/c1-15(24)23-17-6-5-11-21(13-17,14-22)16-9-10-19(25-2)20(12-16)26-18-7-3-4-8-18/h9-10,12,17-18H,3-8,11,13H2,1-2H3,(H,23,24)/t17-,21-/m0/s1. The van der Waals surface area contributed by atoms with E-state index in [9.17, 15) is 10.1 Å². The van der Waals surface area contributed by atoms with Gasteiger partial charge >= 0.3 is 0 Å². The van der Waals surface area contributed by atoms with Crippen molar-refractivity contribution in [1.29, 1.82) is 5.26 Å². The van der Waals surface area contributed by atoms with E-state index in [2.05, 4.69) is 11.4 Å². The molecule has 5 heteroatoms. The topological polar surface area (TPSA) is 71.3 Å². The lowest BCUT2D eigenvalue weighted by Gasteiger charge is -2.36. The number of carbonyl (C=O) groups is 1. The van der Waals surface area contributed by atoms with Gasteiger partial charge in [0, 0.05) is 13.0 Å². The third-order valence-corrected chi connectivity index (χ3v) is 5.68. The second kappa shape index (κ2) is 7.99. The zero-order valence-corrected chi connectivity index (χ0v) is 15.7. The highest BCUT2D eigenvalue weighted by molar-refractivity contribution is 5.73. The lowest BCUT2D eigenvalue weighted by molar-refractivity contribution is -0.119. The summed E-state index contributed by atoms with van der Waals surface area (Å²) in [5, 5.41) is 13.0. The SMILES string of the molecule is COc1ccc([C@@]2(C#N)CCC[C@H](NC(C)=O)C2)cc1OC1CCCC1. The van der Waals surface area contributed by atoms with E-state index in [0.717, 1.165) is 43.4 Å². The number of nitriles is 1. The smallest absolute Gasteiger partial charge is 0.217 e. The van der Waals surface area contributed by atoms with Gasteiger partial charge in [-0.05, 0) is 69.1 Å². The van der Waals surface area contributed by atoms with Crippen LogP contribution in [0.4, 0.5) is 0 Å². The molecule has 1 amide bonds. The Morgan fingerprint density at radius 1 is 1.23 bits per heavy atom. The number of nitrogens with zero attached hydrogens (tertiary/aromatic N) is 1. The van der Waals surface area contributed by atoms with Crippen LogP contribution in [-0.4, -0.2) is 25.2 Å². The first kappa shape index (κ1) is 18.6. The van der Waals surface area contributed by atoms with E-state index in [1.54, 1.807) is 7.11 Å². The van der Waals surface area contributed by atoms with Crippen molar-refractivity contribution in [2.45, 2.75) is 75.9 Å². The van der Waals surface area contributed by atoms with Gasteiger partial charge in [-0.2, -0.15) is 5.26 Å². The van der Waals surface area contributed by atoms with Gasteiger partial charge < -0.3 is 14.8 Å². The predicted octanol–water partition coefficient (Wildman–Crippen LogP) is 3.86. The zero-order valence-electron chi connectivity index (χ0n) is 15.7. The van der Waals surface area contributed by atoms with E-state index in [0.29, 0.717) is 12.2 Å². The monoisotopic (exact) mass is 356 g/mol. The number of rotatable bonds is 5. The van der Waals surface area contributed by atoms with Crippen LogP contribution < -0.4 is 14.8 Å². The summed E-state index contributed by atoms with van der Waals surface area (Å²) in [5.74, 6) is 1.40. The molecule has 0 aromatic heterocycles. The van der Waals surface area contributed by atoms with Crippen LogP contribution in [0, 0.1) is 11.3 Å². The molecule has 1 aromatic carbocycles. The van der Waals surface area contributed by atoms with Crippen molar-refractivity contribution in [3.8, 4) is 17.6 Å². The van der Waals surface area contributed by atoms with Crippen LogP contribution in [-0.2, 0) is 10.2 Å². The molecular weight excluding hydrogens is 328 g/mol. The number of ether oxygens (including phenoxy) is 2. The summed E-state index contributed by atoms with van der Waals surface area (Å²) in [6.45, 7) is 1.53. The van der Waals surface area contributed by atoms with Gasteiger partial charge in [0.2, 0.25) is 5.91 Å². The Morgan fingerprint density at radius 2 is 2.00 bits per heavy atom. The van der Waals surface area contributed by atoms with Crippen LogP contribution in [0.2, 0.25) is 0 Å². The third-order valence-electron chi connectivity index (χ3n) is 5.68. The second-order valence-electron chi connectivity index (χ2n) is 7.58. The normalized spacial score (nSPS) is 26.1. The molecule has 2 aliphatic rings. The number of carbonyl (C=O) groups excluding carboxylic acids is 1. The van der Waals surface area contributed by atoms with Gasteiger partial charge in [0.05, 0.1) is 24.7 Å². The van der Waals surface area contributed by atoms with Crippen molar-refractivity contribution in [3.05, 3.63) is 23.8 Å². The fraction of sp³-hybridized carbons (Fsp3) is 0.619. The minimum absolute atomic E-state index is 0.0382. The van der Waals surface area contributed by atoms with E-state index in [1.807, 2.05) is 18.2 Å². The highest BCUT2D eigenvalue weighted by Crippen LogP contribution is 2.42. The summed E-state index contributed by atoms with van der Waals surface area (Å²) in [6, 6.07) is 8.45. The van der Waals surface area contributed by atoms with E-state index in [-0.39, 0.29) is 18.1 Å². The fourth-order valence-corrected chi connectivity index (χ4v) is 4.37. The van der Waals surface area contributed by atoms with Gasteiger partial charge in [-0.1, -0.05) is 6.07 Å². The molecule has 2 atom stereocenters. The molecule has 0 radical (unpaired) electrons. The Balaban J connectivity index is 1.87. The van der Waals surface area contributed by atoms with Gasteiger partial charge in [0.1, 0.15) is 0 Å². The van der Waals surface area contributed by atoms with Crippen molar-refractivity contribution in [2.75, 3.05) is 7.11 Å². The molecule has 140 valence electrons. The lowest BCUT2D eigenvalue weighted by Crippen LogP contribution is -2.43. The van der Waals surface area contributed by atoms with E-state index in [4.69, 9.17) is 9.47 Å². The first-order valence-electron chi connectivity index (χ1n) is 9.60. The largest absolute Gasteiger partial charge is 0.493 e. The van der Waals surface area contributed by atoms with Gasteiger partial charge in [-0.25, -0.2) is 0 Å². The summed E-state index contributed by atoms with van der Waals surface area (Å²) < 4.78 is 11.7. The van der Waals surface area contributed by atoms with Crippen LogP contribution in [0.5, 0.6) is 11.5 Å². The Kier molecular flexibility index (Phi) is 5.70. The van der Waals surface area contributed by atoms with Crippen molar-refractivity contribution < 1.29 is 14.3 Å². The van der Waals surface area contributed by atoms with Crippen LogP contribution in [0.1, 0.15) is 63.9 Å². The number of nitrogens with one attached hydrogen (secondary N) is 1. The molecule has 0 spiro atoms. The van der Waals surface area contributed by atoms with E-state index < -0.39 is 5.41 Å². The maximum absolute atomic E-state index is 11.4. The molecule has 2 saturated carbocycles. The Morgan fingerprint density at radius 3 is 2.65 bits per heavy atom. The minimum atomic E-state index is -0.592. The van der Waals surface area contributed by atoms with Crippen molar-refractivity contribution >= 4 is 5.91 Å². The summed E-state index contributed by atoms with van der Waals surface area (Å²) in [7, 11) is 1.64. The molecule has 0 bridgehead atoms. The average molecular weight is 356 g/mol. The maximum atomic E-state index is 11.4. The number of hydrogen-bond acceptors (Lipinski definition) is 4. The van der Waals surface area contributed by atoms with Crippen molar-refractivity contribution in [1.82, 2.24) is 5.32 Å². The highest BCUT2D eigenvalue weighted by Gasteiger charge is 2.39. The average Bonchev–Trinajstić information content (AvgIpc) is 3.14. The molecule has 0 heterocycles. The molecule has 5 nitrogen and oxygen atoms in total. The lowest BCUT2D eigenvalue weighted by atomic mass is 9.68. The van der Waals surface area contributed by atoms with Crippen molar-refractivity contribution in [3.63, 3.8) is 0 Å². The molecule has 3 rings (SSSR count). The number of methoxy groups -OCH3 is 1. The summed E-state index contributed by atoms with van der Waals surface area (Å²) in [6.07, 6.45) is 8.06. The first-order valence-corrected chi connectivity index (χ1v) is 9.60. The molecule has 2 fully saturated rings. The van der Waals surface area contributed by atoms with Crippen molar-refractivity contribution in [2.24, 2.45) is 0 Å². The highest BCUT2D eigenvalue weighted by atomic mass is 16.5. The zero-order chi connectivity index (χ0) is 18.6. The predicted molar refractivity (Wildman–Crippen MR) is 99.2 cm³/mol. The van der Waals surface area contributed by atoms with E-state index >= 15 is 0 Å².